The zero-order valence-electron chi connectivity index (χ0n) is 15.8. The minimum Gasteiger partial charge on any atom is -0.393 e. The Bertz CT molecular complexity index is 602. The molecular weight excluding hydrogens is 314 g/mol. The number of nitrogens with one attached hydrogen (secondary N) is 1. The van der Waals surface area contributed by atoms with Gasteiger partial charge in [-0.15, -0.1) is 0 Å². The number of aliphatic hydroxyl groups is 2. The molecule has 0 aromatic carbocycles. The summed E-state index contributed by atoms with van der Waals surface area (Å²) in [5.41, 5.74) is 1.70. The first kappa shape index (κ1) is 17.5. The normalized spacial score (nSPS) is 51.8. The Morgan fingerprint density at radius 1 is 1.20 bits per heavy atom. The van der Waals surface area contributed by atoms with Gasteiger partial charge in [0.1, 0.15) is 0 Å². The van der Waals surface area contributed by atoms with Crippen molar-refractivity contribution in [2.45, 2.75) is 84.0 Å². The van der Waals surface area contributed by atoms with E-state index in [4.69, 9.17) is 0 Å². The lowest BCUT2D eigenvalue weighted by Crippen LogP contribution is -2.55. The summed E-state index contributed by atoms with van der Waals surface area (Å²) in [5.74, 6) is 1.68. The van der Waals surface area contributed by atoms with Crippen molar-refractivity contribution < 1.29 is 15.0 Å². The van der Waals surface area contributed by atoms with Gasteiger partial charge >= 0.3 is 0 Å². The molecule has 0 heterocycles. The SMILES string of the molecule is CC(=O)N[C@H]1[C@@H](O)C[C@H]2[C@@H]3CC=C4C[C@@H](O)CC[C@]4(C)[C@H]3CC[C@@]21C. The predicted molar refractivity (Wildman–Crippen MR) is 96.7 cm³/mol. The molecule has 0 unspecified atom stereocenters. The smallest absolute Gasteiger partial charge is 0.217 e. The van der Waals surface area contributed by atoms with Crippen molar-refractivity contribution in [3.8, 4) is 0 Å². The highest BCUT2D eigenvalue weighted by Gasteiger charge is 2.61. The minimum atomic E-state index is -0.427. The van der Waals surface area contributed by atoms with E-state index in [-0.39, 0.29) is 28.9 Å². The van der Waals surface area contributed by atoms with Gasteiger partial charge < -0.3 is 15.5 Å². The van der Waals surface area contributed by atoms with Crippen LogP contribution < -0.4 is 5.32 Å². The Hall–Kier alpha value is -0.870. The van der Waals surface area contributed by atoms with Crippen molar-refractivity contribution in [1.82, 2.24) is 5.32 Å². The molecule has 4 nitrogen and oxygen atoms in total. The van der Waals surface area contributed by atoms with Crippen LogP contribution >= 0.6 is 0 Å². The summed E-state index contributed by atoms with van der Waals surface area (Å²) in [4.78, 5) is 11.7. The molecule has 3 fully saturated rings. The maximum Gasteiger partial charge on any atom is 0.217 e. The third kappa shape index (κ3) is 2.51. The number of rotatable bonds is 1. The van der Waals surface area contributed by atoms with Crippen molar-refractivity contribution in [2.75, 3.05) is 0 Å². The predicted octanol–water partition coefficient (Wildman–Crippen LogP) is 2.79. The maximum absolute atomic E-state index is 11.7. The van der Waals surface area contributed by atoms with Crippen LogP contribution in [-0.4, -0.2) is 34.4 Å². The van der Waals surface area contributed by atoms with E-state index in [2.05, 4.69) is 25.2 Å². The molecule has 3 N–H and O–H groups in total. The van der Waals surface area contributed by atoms with Crippen LogP contribution in [0.15, 0.2) is 11.6 Å². The highest BCUT2D eigenvalue weighted by Crippen LogP contribution is 2.64. The summed E-state index contributed by atoms with van der Waals surface area (Å²) >= 11 is 0. The van der Waals surface area contributed by atoms with Gasteiger partial charge in [0.2, 0.25) is 5.91 Å². The molecule has 0 spiro atoms. The first-order valence-corrected chi connectivity index (χ1v) is 10.1. The van der Waals surface area contributed by atoms with E-state index in [1.807, 2.05) is 0 Å². The molecular formula is C21H33NO3. The molecule has 4 aliphatic carbocycles. The second-order valence-corrected chi connectivity index (χ2v) is 9.68. The highest BCUT2D eigenvalue weighted by atomic mass is 16.3. The number of aliphatic hydroxyl groups excluding tert-OH is 2. The molecule has 3 saturated carbocycles. The van der Waals surface area contributed by atoms with Crippen LogP contribution in [0.4, 0.5) is 0 Å². The number of fused-ring (bicyclic) bond motifs is 5. The monoisotopic (exact) mass is 347 g/mol. The summed E-state index contributed by atoms with van der Waals surface area (Å²) in [6, 6.07) is -0.109. The summed E-state index contributed by atoms with van der Waals surface area (Å²) in [5, 5.41) is 23.8. The Morgan fingerprint density at radius 2 is 1.96 bits per heavy atom. The highest BCUT2D eigenvalue weighted by molar-refractivity contribution is 5.73. The molecule has 25 heavy (non-hydrogen) atoms. The zero-order valence-corrected chi connectivity index (χ0v) is 15.8. The third-order valence-electron chi connectivity index (χ3n) is 8.46. The topological polar surface area (TPSA) is 69.6 Å². The Kier molecular flexibility index (Phi) is 4.08. The molecule has 0 aromatic heterocycles. The number of carbonyl (C=O) groups excluding carboxylic acids is 1. The summed E-state index contributed by atoms with van der Waals surface area (Å²) in [7, 11) is 0. The largest absolute Gasteiger partial charge is 0.393 e. The first-order valence-electron chi connectivity index (χ1n) is 10.1. The third-order valence-corrected chi connectivity index (χ3v) is 8.46. The van der Waals surface area contributed by atoms with Gasteiger partial charge in [-0.25, -0.2) is 0 Å². The van der Waals surface area contributed by atoms with Gasteiger partial charge in [-0.1, -0.05) is 25.5 Å². The van der Waals surface area contributed by atoms with Crippen LogP contribution in [0.1, 0.15) is 65.7 Å². The van der Waals surface area contributed by atoms with E-state index in [0.29, 0.717) is 17.8 Å². The average molecular weight is 347 g/mol. The maximum atomic E-state index is 11.7. The van der Waals surface area contributed by atoms with Crippen molar-refractivity contribution >= 4 is 5.91 Å². The molecule has 4 aliphatic rings. The van der Waals surface area contributed by atoms with Crippen LogP contribution in [-0.2, 0) is 4.79 Å². The van der Waals surface area contributed by atoms with Gasteiger partial charge in [-0.3, -0.25) is 4.79 Å². The summed E-state index contributed by atoms with van der Waals surface area (Å²) < 4.78 is 0. The lowest BCUT2D eigenvalue weighted by Gasteiger charge is -2.57. The van der Waals surface area contributed by atoms with E-state index in [1.165, 1.54) is 12.0 Å². The molecule has 8 atom stereocenters. The van der Waals surface area contributed by atoms with Crippen LogP contribution in [0, 0.1) is 28.6 Å². The second-order valence-electron chi connectivity index (χ2n) is 9.68. The Labute approximate surface area is 151 Å². The quantitative estimate of drug-likeness (QED) is 0.639. The number of hydrogen-bond donors (Lipinski definition) is 3. The number of allylic oxidation sites excluding steroid dienone is 1. The van der Waals surface area contributed by atoms with Gasteiger partial charge in [0, 0.05) is 6.92 Å². The molecule has 140 valence electrons. The molecule has 0 saturated heterocycles. The second kappa shape index (κ2) is 5.82. The van der Waals surface area contributed by atoms with E-state index >= 15 is 0 Å². The van der Waals surface area contributed by atoms with Crippen molar-refractivity contribution in [3.63, 3.8) is 0 Å². The number of carbonyl (C=O) groups is 1. The van der Waals surface area contributed by atoms with Gasteiger partial charge in [0.05, 0.1) is 18.2 Å². The fourth-order valence-corrected chi connectivity index (χ4v) is 7.14. The van der Waals surface area contributed by atoms with Crippen LogP contribution in [0.3, 0.4) is 0 Å². The lowest BCUT2D eigenvalue weighted by atomic mass is 9.48. The van der Waals surface area contributed by atoms with E-state index in [9.17, 15) is 15.0 Å². The van der Waals surface area contributed by atoms with Gasteiger partial charge in [0.25, 0.3) is 0 Å². The van der Waals surface area contributed by atoms with Gasteiger partial charge in [-0.05, 0) is 73.5 Å². The number of hydrogen-bond acceptors (Lipinski definition) is 3. The van der Waals surface area contributed by atoms with E-state index in [0.717, 1.165) is 38.5 Å². The Morgan fingerprint density at radius 3 is 2.68 bits per heavy atom. The van der Waals surface area contributed by atoms with Crippen LogP contribution in [0.5, 0.6) is 0 Å². The molecule has 1 amide bonds. The first-order chi connectivity index (χ1) is 11.8. The molecule has 0 aromatic rings. The summed E-state index contributed by atoms with van der Waals surface area (Å²) in [6.45, 7) is 6.26. The van der Waals surface area contributed by atoms with Gasteiger partial charge in [0.15, 0.2) is 0 Å². The van der Waals surface area contributed by atoms with Crippen molar-refractivity contribution in [1.29, 1.82) is 0 Å². The fraction of sp³-hybridized carbons (Fsp3) is 0.857. The van der Waals surface area contributed by atoms with E-state index < -0.39 is 6.10 Å². The average Bonchev–Trinajstić information content (AvgIpc) is 2.79. The zero-order chi connectivity index (χ0) is 18.0. The van der Waals surface area contributed by atoms with E-state index in [1.54, 1.807) is 6.92 Å². The van der Waals surface area contributed by atoms with Gasteiger partial charge in [-0.2, -0.15) is 0 Å². The lowest BCUT2D eigenvalue weighted by molar-refractivity contribution is -0.122. The Balaban J connectivity index is 1.64. The standard InChI is InChI=1S/C21H33NO3/c1-12(23)22-19-18(25)11-17-15-5-4-13-10-14(24)6-8-20(13,2)16(15)7-9-21(17,19)3/h4,14-19,24-25H,5-11H2,1-3H3,(H,22,23)/t14-,15+,16-,17-,18-,19-,20-,21-/m0/s1. The molecule has 4 heteroatoms. The minimum absolute atomic E-state index is 0.00212. The molecule has 0 bridgehead atoms. The molecule has 4 rings (SSSR count). The van der Waals surface area contributed by atoms with Crippen molar-refractivity contribution in [2.24, 2.45) is 28.6 Å². The molecule has 0 aliphatic heterocycles. The van der Waals surface area contributed by atoms with Crippen LogP contribution in [0.25, 0.3) is 0 Å². The van der Waals surface area contributed by atoms with Crippen molar-refractivity contribution in [3.05, 3.63) is 11.6 Å². The summed E-state index contributed by atoms with van der Waals surface area (Å²) in [6.07, 6.45) is 8.79. The fourth-order valence-electron chi connectivity index (χ4n) is 7.14. The number of amides is 1. The van der Waals surface area contributed by atoms with Crippen LogP contribution in [0.2, 0.25) is 0 Å². The molecule has 0 radical (unpaired) electrons.